The third-order valence-electron chi connectivity index (χ3n) is 1.39. The molecule has 1 rings (SSSR count). The summed E-state index contributed by atoms with van der Waals surface area (Å²) in [6.07, 6.45) is 1.70. The lowest BCUT2D eigenvalue weighted by molar-refractivity contribution is 0.749. The fraction of sp³-hybridized carbons (Fsp3) is 0.500. The van der Waals surface area contributed by atoms with E-state index in [1.54, 1.807) is 18.0 Å². The van der Waals surface area contributed by atoms with Gasteiger partial charge in [0.1, 0.15) is 5.03 Å². The van der Waals surface area contributed by atoms with E-state index in [2.05, 4.69) is 45.2 Å². The van der Waals surface area contributed by atoms with Crippen molar-refractivity contribution in [2.75, 3.05) is 11.2 Å². The molecule has 0 aliphatic rings. The third-order valence-corrected chi connectivity index (χ3v) is 3.66. The number of nitrogens with two attached hydrogens (primary N) is 1. The van der Waals surface area contributed by atoms with E-state index < -0.39 is 0 Å². The number of hydrazine groups is 1. The number of hydrogen-bond acceptors (Lipinski definition) is 5. The lowest BCUT2D eigenvalue weighted by Crippen LogP contribution is -2.10. The van der Waals surface area contributed by atoms with Crippen molar-refractivity contribution in [3.05, 3.63) is 10.7 Å². The van der Waals surface area contributed by atoms with Gasteiger partial charge in [-0.2, -0.15) is 0 Å². The molecule has 78 valence electrons. The van der Waals surface area contributed by atoms with E-state index in [1.807, 2.05) is 0 Å². The average Bonchev–Trinajstić information content (AvgIpc) is 2.16. The van der Waals surface area contributed by atoms with Gasteiger partial charge < -0.3 is 0 Å². The first-order valence-electron chi connectivity index (χ1n) is 4.25. The summed E-state index contributed by atoms with van der Waals surface area (Å²) in [5, 5.41) is 0.918. The summed E-state index contributed by atoms with van der Waals surface area (Å²) < 4.78 is 0.905. The van der Waals surface area contributed by atoms with Gasteiger partial charge >= 0.3 is 0 Å². The zero-order chi connectivity index (χ0) is 10.6. The Labute approximate surface area is 96.2 Å². The highest BCUT2D eigenvalue weighted by molar-refractivity contribution is 9.10. The van der Waals surface area contributed by atoms with E-state index in [4.69, 9.17) is 5.84 Å². The van der Waals surface area contributed by atoms with Gasteiger partial charge in [-0.25, -0.2) is 15.8 Å². The molecule has 3 N–H and O–H groups in total. The van der Waals surface area contributed by atoms with Crippen LogP contribution in [0.4, 0.5) is 5.95 Å². The molecule has 0 saturated carbocycles. The minimum absolute atomic E-state index is 0.444. The summed E-state index contributed by atoms with van der Waals surface area (Å²) in [7, 11) is 0. The van der Waals surface area contributed by atoms with Crippen LogP contribution in [0, 0.1) is 5.92 Å². The van der Waals surface area contributed by atoms with E-state index in [-0.39, 0.29) is 0 Å². The van der Waals surface area contributed by atoms with Crippen LogP contribution >= 0.6 is 27.7 Å². The molecule has 0 amide bonds. The van der Waals surface area contributed by atoms with Gasteiger partial charge in [0, 0.05) is 11.9 Å². The van der Waals surface area contributed by atoms with Crippen molar-refractivity contribution >= 4 is 33.6 Å². The van der Waals surface area contributed by atoms with Gasteiger partial charge in [0.2, 0.25) is 5.95 Å². The normalized spacial score (nSPS) is 10.6. The molecule has 0 aliphatic carbocycles. The highest BCUT2D eigenvalue weighted by Gasteiger charge is 2.05. The fourth-order valence-electron chi connectivity index (χ4n) is 0.768. The van der Waals surface area contributed by atoms with E-state index in [0.29, 0.717) is 11.9 Å². The van der Waals surface area contributed by atoms with Gasteiger partial charge in [0.15, 0.2) is 0 Å². The number of rotatable bonds is 4. The summed E-state index contributed by atoms with van der Waals surface area (Å²) in [6, 6.07) is 0. The number of anilines is 1. The molecule has 0 spiro atoms. The first-order chi connectivity index (χ1) is 6.63. The Balaban J connectivity index is 2.73. The van der Waals surface area contributed by atoms with Crippen molar-refractivity contribution in [2.45, 2.75) is 18.9 Å². The Hall–Kier alpha value is -0.330. The number of aromatic nitrogens is 2. The highest BCUT2D eigenvalue weighted by atomic mass is 79.9. The van der Waals surface area contributed by atoms with Crippen LogP contribution in [-0.2, 0) is 0 Å². The largest absolute Gasteiger partial charge is 0.292 e. The van der Waals surface area contributed by atoms with Crippen molar-refractivity contribution in [1.29, 1.82) is 0 Å². The Bertz CT molecular complexity index is 305. The number of nitrogens with one attached hydrogen (secondary N) is 1. The Morgan fingerprint density at radius 3 is 2.93 bits per heavy atom. The predicted octanol–water partition coefficient (Wildman–Crippen LogP) is 2.27. The molecule has 0 fully saturated rings. The van der Waals surface area contributed by atoms with E-state index >= 15 is 0 Å². The van der Waals surface area contributed by atoms with Crippen LogP contribution in [0.15, 0.2) is 15.7 Å². The predicted molar refractivity (Wildman–Crippen MR) is 63.1 cm³/mol. The quantitative estimate of drug-likeness (QED) is 0.382. The number of nitrogen functional groups attached to an aromatic ring is 1. The van der Waals surface area contributed by atoms with E-state index in [1.165, 1.54) is 0 Å². The molecule has 14 heavy (non-hydrogen) atoms. The summed E-state index contributed by atoms with van der Waals surface area (Å²) in [4.78, 5) is 8.21. The summed E-state index contributed by atoms with van der Waals surface area (Å²) in [5.74, 6) is 7.33. The molecule has 6 heteroatoms. The molecule has 0 atom stereocenters. The lowest BCUT2D eigenvalue weighted by Gasteiger charge is -2.06. The van der Waals surface area contributed by atoms with E-state index in [9.17, 15) is 0 Å². The standard InChI is InChI=1S/C8H13BrN4S/c1-5(2)4-14-7-6(9)3-11-8(12-7)13-10/h3,5H,4,10H2,1-2H3,(H,11,12,13). The van der Waals surface area contributed by atoms with Crippen LogP contribution in [0.2, 0.25) is 0 Å². The van der Waals surface area contributed by atoms with Crippen LogP contribution in [0.1, 0.15) is 13.8 Å². The molecule has 4 nitrogen and oxygen atoms in total. The van der Waals surface area contributed by atoms with Gasteiger partial charge in [-0.15, -0.1) is 11.8 Å². The molecule has 0 aromatic carbocycles. The number of hydrogen-bond donors (Lipinski definition) is 2. The molecular formula is C8H13BrN4S. The van der Waals surface area contributed by atoms with Gasteiger partial charge in [0.25, 0.3) is 0 Å². The molecular weight excluding hydrogens is 264 g/mol. The van der Waals surface area contributed by atoms with Gasteiger partial charge in [-0.05, 0) is 21.8 Å². The Morgan fingerprint density at radius 2 is 2.36 bits per heavy atom. The van der Waals surface area contributed by atoms with Crippen LogP contribution in [0.3, 0.4) is 0 Å². The Kier molecular flexibility index (Phi) is 4.64. The maximum atomic E-state index is 5.23. The second kappa shape index (κ2) is 5.53. The second-order valence-corrected chi connectivity index (χ2v) is 5.06. The first kappa shape index (κ1) is 11.7. The maximum Gasteiger partial charge on any atom is 0.238 e. The topological polar surface area (TPSA) is 63.8 Å². The number of nitrogens with zero attached hydrogens (tertiary/aromatic N) is 2. The van der Waals surface area contributed by atoms with Crippen molar-refractivity contribution in [2.24, 2.45) is 11.8 Å². The molecule has 0 saturated heterocycles. The molecule has 1 aromatic rings. The minimum atomic E-state index is 0.444. The number of thioether (sulfide) groups is 1. The monoisotopic (exact) mass is 276 g/mol. The van der Waals surface area contributed by atoms with Crippen molar-refractivity contribution in [1.82, 2.24) is 9.97 Å². The molecule has 0 aliphatic heterocycles. The average molecular weight is 277 g/mol. The second-order valence-electron chi connectivity index (χ2n) is 3.20. The van der Waals surface area contributed by atoms with Gasteiger partial charge in [-0.1, -0.05) is 13.8 Å². The molecule has 0 radical (unpaired) electrons. The van der Waals surface area contributed by atoms with E-state index in [0.717, 1.165) is 15.3 Å². The zero-order valence-corrected chi connectivity index (χ0v) is 10.5. The van der Waals surface area contributed by atoms with Crippen LogP contribution in [0.5, 0.6) is 0 Å². The smallest absolute Gasteiger partial charge is 0.238 e. The first-order valence-corrected chi connectivity index (χ1v) is 6.03. The minimum Gasteiger partial charge on any atom is -0.292 e. The molecule has 0 unspecified atom stereocenters. The molecule has 0 bridgehead atoms. The molecule has 1 heterocycles. The van der Waals surface area contributed by atoms with Crippen molar-refractivity contribution in [3.63, 3.8) is 0 Å². The number of halogens is 1. The Morgan fingerprint density at radius 1 is 1.64 bits per heavy atom. The van der Waals surface area contributed by atoms with Crippen LogP contribution in [-0.4, -0.2) is 15.7 Å². The summed E-state index contributed by atoms with van der Waals surface area (Å²) in [5.41, 5.74) is 2.43. The fourth-order valence-corrected chi connectivity index (χ4v) is 2.14. The van der Waals surface area contributed by atoms with Crippen LogP contribution in [0.25, 0.3) is 0 Å². The van der Waals surface area contributed by atoms with Crippen LogP contribution < -0.4 is 11.3 Å². The third kappa shape index (κ3) is 3.43. The molecule has 1 aromatic heterocycles. The summed E-state index contributed by atoms with van der Waals surface area (Å²) >= 11 is 5.09. The highest BCUT2D eigenvalue weighted by Crippen LogP contribution is 2.26. The van der Waals surface area contributed by atoms with Crippen molar-refractivity contribution < 1.29 is 0 Å². The van der Waals surface area contributed by atoms with Crippen molar-refractivity contribution in [3.8, 4) is 0 Å². The van der Waals surface area contributed by atoms with Gasteiger partial charge in [-0.3, -0.25) is 5.43 Å². The lowest BCUT2D eigenvalue weighted by atomic mass is 10.3. The summed E-state index contributed by atoms with van der Waals surface area (Å²) in [6.45, 7) is 4.34. The van der Waals surface area contributed by atoms with Gasteiger partial charge in [0.05, 0.1) is 4.47 Å². The SMILES string of the molecule is CC(C)CSc1nc(NN)ncc1Br. The maximum absolute atomic E-state index is 5.23. The zero-order valence-electron chi connectivity index (χ0n) is 8.12.